The average molecular weight is 538 g/mol. The van der Waals surface area contributed by atoms with Gasteiger partial charge in [-0.2, -0.15) is 0 Å². The number of benzene rings is 3. The topological polar surface area (TPSA) is 69.9 Å². The number of amides is 1. The highest BCUT2D eigenvalue weighted by Gasteiger charge is 2.35. The first-order valence-corrected chi connectivity index (χ1v) is 13.6. The fourth-order valence-electron chi connectivity index (χ4n) is 4.42. The van der Waals surface area contributed by atoms with Crippen molar-refractivity contribution < 1.29 is 4.79 Å². The Morgan fingerprint density at radius 1 is 0.947 bits per heavy atom. The molecule has 9 heteroatoms. The predicted octanol–water partition coefficient (Wildman–Crippen LogP) is 3.84. The summed E-state index contributed by atoms with van der Waals surface area (Å²) < 4.78 is 2.72. The molecule has 0 radical (unpaired) electrons. The lowest BCUT2D eigenvalue weighted by atomic mass is 10.2. The van der Waals surface area contributed by atoms with Gasteiger partial charge < -0.3 is 4.90 Å². The van der Waals surface area contributed by atoms with Crippen LogP contribution in [0.3, 0.4) is 0 Å². The van der Waals surface area contributed by atoms with Gasteiger partial charge in [0.15, 0.2) is 5.84 Å². The summed E-state index contributed by atoms with van der Waals surface area (Å²) >= 11 is 2.87. The molecule has 4 aromatic rings. The summed E-state index contributed by atoms with van der Waals surface area (Å²) in [6.07, 6.45) is 1.67. The van der Waals surface area contributed by atoms with Crippen LogP contribution in [0.2, 0.25) is 0 Å². The Labute approximate surface area is 227 Å². The van der Waals surface area contributed by atoms with Crippen LogP contribution in [0.1, 0.15) is 0 Å². The van der Waals surface area contributed by atoms with Crippen LogP contribution < -0.4 is 30.1 Å². The molecule has 6 rings (SSSR count). The Kier molecular flexibility index (Phi) is 6.22. The summed E-state index contributed by atoms with van der Waals surface area (Å²) in [5.41, 5.74) is 5.79. The minimum atomic E-state index is -0.280. The maximum atomic E-state index is 13.9. The van der Waals surface area contributed by atoms with Crippen molar-refractivity contribution in [3.63, 3.8) is 0 Å². The lowest BCUT2D eigenvalue weighted by Crippen LogP contribution is -2.36. The molecule has 0 aliphatic carbocycles. The fourth-order valence-corrected chi connectivity index (χ4v) is 6.92. The number of thiazole rings is 1. The maximum absolute atomic E-state index is 13.9. The molecule has 7 nitrogen and oxygen atoms in total. The molecule has 3 heterocycles. The molecule has 2 aliphatic rings. The molecule has 188 valence electrons. The van der Waals surface area contributed by atoms with Crippen LogP contribution in [-0.2, 0) is 11.3 Å². The Balaban J connectivity index is 1.63. The van der Waals surface area contributed by atoms with E-state index in [1.165, 1.54) is 16.3 Å². The summed E-state index contributed by atoms with van der Waals surface area (Å²) in [6, 6.07) is 26.8. The van der Waals surface area contributed by atoms with Crippen molar-refractivity contribution in [2.75, 3.05) is 17.0 Å². The number of nitrogens with zero attached hydrogens (tertiary/aromatic N) is 4. The van der Waals surface area contributed by atoms with Crippen molar-refractivity contribution in [1.29, 1.82) is 0 Å². The first-order valence-electron chi connectivity index (χ1n) is 12.0. The zero-order valence-electron chi connectivity index (χ0n) is 20.5. The van der Waals surface area contributed by atoms with Crippen LogP contribution in [0.4, 0.5) is 17.1 Å². The first-order chi connectivity index (χ1) is 18.6. The minimum Gasteiger partial charge on any atom is -0.337 e. The molecule has 0 atom stereocenters. The molecule has 38 heavy (non-hydrogen) atoms. The number of allylic oxidation sites excluding steroid dienone is 1. The normalized spacial score (nSPS) is 18.7. The number of aromatic nitrogens is 1. The monoisotopic (exact) mass is 537 g/mol. The zero-order chi connectivity index (χ0) is 26.2. The molecule has 1 saturated heterocycles. The molecule has 1 aromatic heterocycles. The summed E-state index contributed by atoms with van der Waals surface area (Å²) in [7, 11) is 1.96. The summed E-state index contributed by atoms with van der Waals surface area (Å²) in [6.45, 7) is 4.12. The van der Waals surface area contributed by atoms with Crippen molar-refractivity contribution >= 4 is 62.5 Å². The highest BCUT2D eigenvalue weighted by molar-refractivity contribution is 8.08. The van der Waals surface area contributed by atoms with Gasteiger partial charge >= 0.3 is 0 Å². The Morgan fingerprint density at radius 2 is 1.63 bits per heavy atom. The summed E-state index contributed by atoms with van der Waals surface area (Å²) in [5.74, 6) is 0.105. The lowest BCUT2D eigenvalue weighted by Gasteiger charge is -2.14. The van der Waals surface area contributed by atoms with Crippen LogP contribution in [0.15, 0.2) is 112 Å². The largest absolute Gasteiger partial charge is 0.337 e. The molecule has 1 N–H and O–H groups in total. The van der Waals surface area contributed by atoms with Crippen molar-refractivity contribution in [3.8, 4) is 0 Å². The van der Waals surface area contributed by atoms with Gasteiger partial charge in [-0.15, -0.1) is 17.9 Å². The smallest absolute Gasteiger partial charge is 0.283 e. The average Bonchev–Trinajstić information content (AvgIpc) is 3.56. The van der Waals surface area contributed by atoms with Crippen LogP contribution in [0, 0.1) is 0 Å². The number of thioether (sulfide) groups is 1. The number of amidine groups is 1. The second-order valence-electron chi connectivity index (χ2n) is 8.63. The third-order valence-electron chi connectivity index (χ3n) is 6.22. The molecule has 0 unspecified atom stereocenters. The number of hydrogen-bond acceptors (Lipinski definition) is 6. The minimum absolute atomic E-state index is 0.162. The van der Waals surface area contributed by atoms with E-state index in [4.69, 9.17) is 4.99 Å². The quantitative estimate of drug-likeness (QED) is 0.401. The Morgan fingerprint density at radius 3 is 2.34 bits per heavy atom. The van der Waals surface area contributed by atoms with Gasteiger partial charge in [0.2, 0.25) is 0 Å². The molecule has 1 amide bonds. The van der Waals surface area contributed by atoms with E-state index in [0.717, 1.165) is 15.6 Å². The molecular formula is C29H23N5O2S2. The predicted molar refractivity (Wildman–Crippen MR) is 156 cm³/mol. The van der Waals surface area contributed by atoms with Crippen molar-refractivity contribution in [2.45, 2.75) is 11.4 Å². The number of aliphatic imine (C=N–C) groups is 1. The SMILES string of the molecule is C=CCn1c(=O)/c(=C2/Sc3ccccc3N2C)s/c1=C1/C(=O)N(c2ccccc2)NC1=Nc1ccccc1. The van der Waals surface area contributed by atoms with Crippen molar-refractivity contribution in [3.05, 3.63) is 117 Å². The molecule has 0 spiro atoms. The van der Waals surface area contributed by atoms with E-state index in [1.54, 1.807) is 22.4 Å². The number of nitrogens with one attached hydrogen (secondary N) is 1. The van der Waals surface area contributed by atoms with Gasteiger partial charge in [-0.1, -0.05) is 66.4 Å². The van der Waals surface area contributed by atoms with Crippen molar-refractivity contribution in [2.24, 2.45) is 4.99 Å². The van der Waals surface area contributed by atoms with Crippen molar-refractivity contribution in [1.82, 2.24) is 9.99 Å². The molecule has 0 bridgehead atoms. The molecule has 2 aliphatic heterocycles. The summed E-state index contributed by atoms with van der Waals surface area (Å²) in [5, 5.41) is 2.31. The van der Waals surface area contributed by atoms with E-state index in [1.807, 2.05) is 96.9 Å². The van der Waals surface area contributed by atoms with E-state index in [0.29, 0.717) is 32.0 Å². The number of anilines is 2. The number of rotatable bonds is 4. The van der Waals surface area contributed by atoms with E-state index in [9.17, 15) is 9.59 Å². The first kappa shape index (κ1) is 24.0. The lowest BCUT2D eigenvalue weighted by molar-refractivity contribution is -0.113. The van der Waals surface area contributed by atoms with Crippen LogP contribution >= 0.6 is 23.1 Å². The van der Waals surface area contributed by atoms with E-state index in [2.05, 4.69) is 12.0 Å². The van der Waals surface area contributed by atoms with E-state index < -0.39 is 0 Å². The highest BCUT2D eigenvalue weighted by Crippen LogP contribution is 2.44. The third-order valence-corrected chi connectivity index (χ3v) is 8.78. The Hall–Kier alpha value is -4.34. The molecule has 3 aromatic carbocycles. The number of hydrazine groups is 1. The second kappa shape index (κ2) is 9.85. The fraction of sp³-hybridized carbons (Fsp3) is 0.0690. The van der Waals surface area contributed by atoms with Crippen LogP contribution in [0.25, 0.3) is 10.6 Å². The van der Waals surface area contributed by atoms with Crippen LogP contribution in [-0.4, -0.2) is 23.4 Å². The van der Waals surface area contributed by atoms with Gasteiger partial charge in [-0.25, -0.2) is 10.0 Å². The van der Waals surface area contributed by atoms with Gasteiger partial charge in [0.1, 0.15) is 19.8 Å². The zero-order valence-corrected chi connectivity index (χ0v) is 22.1. The maximum Gasteiger partial charge on any atom is 0.283 e. The number of para-hydroxylation sites is 3. The third kappa shape index (κ3) is 4.06. The number of fused-ring (bicyclic) bond motifs is 1. The van der Waals surface area contributed by atoms with E-state index in [-0.39, 0.29) is 18.0 Å². The van der Waals surface area contributed by atoms with Gasteiger partial charge in [-0.05, 0) is 36.4 Å². The molecule has 1 fully saturated rings. The molecular weight excluding hydrogens is 514 g/mol. The number of carbonyl (C=O) groups excluding carboxylic acids is 1. The van der Waals surface area contributed by atoms with E-state index >= 15 is 0 Å². The Bertz CT molecular complexity index is 1770. The van der Waals surface area contributed by atoms with Gasteiger partial charge in [0, 0.05) is 18.5 Å². The van der Waals surface area contributed by atoms with Gasteiger partial charge in [0.25, 0.3) is 11.5 Å². The number of hydrogen-bond donors (Lipinski definition) is 1. The van der Waals surface area contributed by atoms with Gasteiger partial charge in [0.05, 0.1) is 17.1 Å². The molecule has 0 saturated carbocycles. The highest BCUT2D eigenvalue weighted by atomic mass is 32.2. The van der Waals surface area contributed by atoms with Gasteiger partial charge in [-0.3, -0.25) is 19.6 Å². The second-order valence-corrected chi connectivity index (χ2v) is 10.7. The standard InChI is InChI=1S/C29H23N5O2S2/c1-3-18-33-27(36)24(29-32(2)21-16-10-11-17-22(21)37-29)38-28(33)23-25(30-19-12-6-4-7-13-19)31-34(26(23)35)20-14-8-5-9-15-20/h3-17H,1,18H2,2H3,(H,30,31)/b28-23+,29-24-. The van der Waals surface area contributed by atoms with Crippen LogP contribution in [0.5, 0.6) is 0 Å². The summed E-state index contributed by atoms with van der Waals surface area (Å²) in [4.78, 5) is 35.6. The number of carbonyl (C=O) groups is 1.